The topological polar surface area (TPSA) is 130 Å². The number of carboxylic acid groups (broad SMARTS) is 2. The van der Waals surface area contributed by atoms with E-state index in [-0.39, 0.29) is 18.8 Å². The van der Waals surface area contributed by atoms with Gasteiger partial charge in [-0.3, -0.25) is 9.59 Å². The number of amides is 1. The average molecular weight is 260 g/mol. The summed E-state index contributed by atoms with van der Waals surface area (Å²) in [5.41, 5.74) is 5.48. The third-order valence-electron chi connectivity index (χ3n) is 2.33. The van der Waals surface area contributed by atoms with Crippen LogP contribution in [0.3, 0.4) is 0 Å². The molecule has 1 amide bonds. The Labute approximate surface area is 105 Å². The molecule has 0 aromatic carbocycles. The fourth-order valence-corrected chi connectivity index (χ4v) is 1.38. The molecule has 0 aliphatic rings. The molecule has 0 rings (SSSR count). The van der Waals surface area contributed by atoms with Crippen LogP contribution in [0, 0.1) is 5.92 Å². The summed E-state index contributed by atoms with van der Waals surface area (Å²) in [5, 5.41) is 19.7. The minimum atomic E-state index is -1.12. The maximum atomic E-state index is 11.6. The second kappa shape index (κ2) is 7.65. The first-order valence-electron chi connectivity index (χ1n) is 5.74. The van der Waals surface area contributed by atoms with Crippen molar-refractivity contribution < 1.29 is 24.6 Å². The van der Waals surface area contributed by atoms with Gasteiger partial charge in [0.05, 0.1) is 6.04 Å². The minimum Gasteiger partial charge on any atom is -0.481 e. The van der Waals surface area contributed by atoms with E-state index in [9.17, 15) is 14.4 Å². The second-order valence-electron chi connectivity index (χ2n) is 4.57. The Balaban J connectivity index is 4.31. The van der Waals surface area contributed by atoms with Crippen LogP contribution in [0.4, 0.5) is 0 Å². The zero-order chi connectivity index (χ0) is 14.3. The predicted molar refractivity (Wildman–Crippen MR) is 63.9 cm³/mol. The van der Waals surface area contributed by atoms with Gasteiger partial charge in [-0.1, -0.05) is 13.8 Å². The maximum absolute atomic E-state index is 11.6. The van der Waals surface area contributed by atoms with E-state index in [1.807, 2.05) is 13.8 Å². The first kappa shape index (κ1) is 16.4. The van der Waals surface area contributed by atoms with E-state index in [0.717, 1.165) is 0 Å². The lowest BCUT2D eigenvalue weighted by Gasteiger charge is -2.18. The van der Waals surface area contributed by atoms with Gasteiger partial charge in [0.15, 0.2) is 0 Å². The fourth-order valence-electron chi connectivity index (χ4n) is 1.38. The summed E-state index contributed by atoms with van der Waals surface area (Å²) in [4.78, 5) is 32.8. The Bertz CT molecular complexity index is 317. The van der Waals surface area contributed by atoms with Crippen molar-refractivity contribution in [1.29, 1.82) is 0 Å². The molecule has 5 N–H and O–H groups in total. The molecule has 0 aromatic rings. The van der Waals surface area contributed by atoms with Crippen molar-refractivity contribution in [3.05, 3.63) is 0 Å². The highest BCUT2D eigenvalue weighted by Crippen LogP contribution is 2.05. The number of nitrogens with one attached hydrogen (secondary N) is 1. The third-order valence-corrected chi connectivity index (χ3v) is 2.33. The number of carboxylic acids is 2. The number of nitrogens with two attached hydrogens (primary N) is 1. The number of carbonyl (C=O) groups is 3. The molecule has 0 spiro atoms. The molecule has 2 atom stereocenters. The van der Waals surface area contributed by atoms with E-state index in [0.29, 0.717) is 6.42 Å². The number of carbonyl (C=O) groups excluding carboxylic acids is 1. The van der Waals surface area contributed by atoms with Crippen LogP contribution < -0.4 is 11.1 Å². The van der Waals surface area contributed by atoms with Gasteiger partial charge in [-0.05, 0) is 18.8 Å². The molecular weight excluding hydrogens is 240 g/mol. The van der Waals surface area contributed by atoms with Crippen LogP contribution in [0.2, 0.25) is 0 Å². The van der Waals surface area contributed by atoms with Crippen molar-refractivity contribution in [2.75, 3.05) is 0 Å². The largest absolute Gasteiger partial charge is 0.481 e. The van der Waals surface area contributed by atoms with Crippen molar-refractivity contribution in [1.82, 2.24) is 5.32 Å². The molecule has 0 saturated heterocycles. The normalized spacial score (nSPS) is 14.0. The van der Waals surface area contributed by atoms with Crippen molar-refractivity contribution in [2.45, 2.75) is 45.2 Å². The summed E-state index contributed by atoms with van der Waals surface area (Å²) in [6.07, 6.45) is 0.0540. The SMILES string of the molecule is CC(C)C[C@@H](NC(=O)[C@@H](N)CCC(=O)O)C(=O)O. The molecule has 0 fully saturated rings. The van der Waals surface area contributed by atoms with Gasteiger partial charge in [-0.2, -0.15) is 0 Å². The summed E-state index contributed by atoms with van der Waals surface area (Å²) in [7, 11) is 0. The first-order chi connectivity index (χ1) is 8.23. The highest BCUT2D eigenvalue weighted by Gasteiger charge is 2.24. The van der Waals surface area contributed by atoms with E-state index in [1.165, 1.54) is 0 Å². The molecule has 7 nitrogen and oxygen atoms in total. The monoisotopic (exact) mass is 260 g/mol. The van der Waals surface area contributed by atoms with E-state index in [1.54, 1.807) is 0 Å². The number of hydrogen-bond acceptors (Lipinski definition) is 4. The van der Waals surface area contributed by atoms with Crippen LogP contribution in [-0.2, 0) is 14.4 Å². The summed E-state index contributed by atoms with van der Waals surface area (Å²) >= 11 is 0. The van der Waals surface area contributed by atoms with Gasteiger partial charge in [0.1, 0.15) is 6.04 Å². The molecule has 0 heterocycles. The molecule has 0 radical (unpaired) electrons. The molecule has 0 bridgehead atoms. The predicted octanol–water partition coefficient (Wildman–Crippen LogP) is -0.206. The summed E-state index contributed by atoms with van der Waals surface area (Å²) < 4.78 is 0. The molecule has 0 unspecified atom stereocenters. The molecular formula is C11H20N2O5. The van der Waals surface area contributed by atoms with E-state index >= 15 is 0 Å². The molecule has 0 aliphatic carbocycles. The van der Waals surface area contributed by atoms with Crippen molar-refractivity contribution in [3.8, 4) is 0 Å². The van der Waals surface area contributed by atoms with E-state index in [4.69, 9.17) is 15.9 Å². The van der Waals surface area contributed by atoms with Gasteiger partial charge in [0, 0.05) is 6.42 Å². The van der Waals surface area contributed by atoms with Gasteiger partial charge < -0.3 is 21.3 Å². The summed E-state index contributed by atoms with van der Waals surface area (Å²) in [6, 6.07) is -2.00. The fraction of sp³-hybridized carbons (Fsp3) is 0.727. The van der Waals surface area contributed by atoms with Gasteiger partial charge in [0.2, 0.25) is 5.91 Å². The zero-order valence-electron chi connectivity index (χ0n) is 10.5. The summed E-state index contributed by atoms with van der Waals surface area (Å²) in [6.45, 7) is 3.68. The van der Waals surface area contributed by atoms with E-state index < -0.39 is 29.9 Å². The summed E-state index contributed by atoms with van der Waals surface area (Å²) in [5.74, 6) is -2.69. The molecule has 0 aliphatic heterocycles. The minimum absolute atomic E-state index is 0.0187. The van der Waals surface area contributed by atoms with Crippen LogP contribution >= 0.6 is 0 Å². The van der Waals surface area contributed by atoms with Crippen LogP contribution in [0.1, 0.15) is 33.1 Å². The second-order valence-corrected chi connectivity index (χ2v) is 4.57. The molecule has 0 aromatic heterocycles. The lowest BCUT2D eigenvalue weighted by molar-refractivity contribution is -0.143. The van der Waals surface area contributed by atoms with E-state index in [2.05, 4.69) is 5.32 Å². The van der Waals surface area contributed by atoms with Crippen molar-refractivity contribution >= 4 is 17.8 Å². The van der Waals surface area contributed by atoms with Crippen LogP contribution in [0.25, 0.3) is 0 Å². The Kier molecular flexibility index (Phi) is 6.96. The smallest absolute Gasteiger partial charge is 0.326 e. The Morgan fingerprint density at radius 1 is 1.22 bits per heavy atom. The number of rotatable bonds is 8. The Morgan fingerprint density at radius 2 is 1.78 bits per heavy atom. The average Bonchev–Trinajstić information content (AvgIpc) is 2.23. The van der Waals surface area contributed by atoms with Crippen LogP contribution in [-0.4, -0.2) is 40.1 Å². The lowest BCUT2D eigenvalue weighted by Crippen LogP contribution is -2.49. The number of hydrogen-bond donors (Lipinski definition) is 4. The molecule has 104 valence electrons. The highest BCUT2D eigenvalue weighted by molar-refractivity contribution is 5.87. The van der Waals surface area contributed by atoms with Crippen molar-refractivity contribution in [2.24, 2.45) is 11.7 Å². The van der Waals surface area contributed by atoms with Crippen LogP contribution in [0.5, 0.6) is 0 Å². The third kappa shape index (κ3) is 6.85. The van der Waals surface area contributed by atoms with Crippen LogP contribution in [0.15, 0.2) is 0 Å². The van der Waals surface area contributed by atoms with Crippen molar-refractivity contribution in [3.63, 3.8) is 0 Å². The molecule has 18 heavy (non-hydrogen) atoms. The molecule has 7 heteroatoms. The van der Waals surface area contributed by atoms with Gasteiger partial charge >= 0.3 is 11.9 Å². The zero-order valence-corrected chi connectivity index (χ0v) is 10.5. The lowest BCUT2D eigenvalue weighted by atomic mass is 10.0. The highest BCUT2D eigenvalue weighted by atomic mass is 16.4. The first-order valence-corrected chi connectivity index (χ1v) is 5.74. The Hall–Kier alpha value is -1.63. The number of aliphatic carboxylic acids is 2. The van der Waals surface area contributed by atoms with Gasteiger partial charge in [-0.15, -0.1) is 0 Å². The standard InChI is InChI=1S/C11H20N2O5/c1-6(2)5-8(11(17)18)13-10(16)7(12)3-4-9(14)15/h6-8H,3-5,12H2,1-2H3,(H,13,16)(H,14,15)(H,17,18)/t7-,8+/m0/s1. The Morgan fingerprint density at radius 3 is 2.17 bits per heavy atom. The quantitative estimate of drug-likeness (QED) is 0.478. The maximum Gasteiger partial charge on any atom is 0.326 e. The van der Waals surface area contributed by atoms with Gasteiger partial charge in [-0.25, -0.2) is 4.79 Å². The molecule has 0 saturated carbocycles. The van der Waals surface area contributed by atoms with Gasteiger partial charge in [0.25, 0.3) is 0 Å².